The Hall–Kier alpha value is 0.480. The van der Waals surface area contributed by atoms with Crippen LogP contribution >= 0.6 is 11.6 Å². The van der Waals surface area contributed by atoms with Crippen molar-refractivity contribution in [2.75, 3.05) is 5.75 Å². The first-order chi connectivity index (χ1) is 2.91. The predicted octanol–water partition coefficient (Wildman–Crippen LogP) is 0.565. The molecule has 0 spiro atoms. The average molecular weight is 97.8 g/mol. The van der Waals surface area contributed by atoms with Crippen LogP contribution in [0, 0.1) is 0 Å². The zero-order valence-electron chi connectivity index (χ0n) is 4.11. The van der Waals surface area contributed by atoms with Crippen molar-refractivity contribution < 1.29 is 0 Å². The summed E-state index contributed by atoms with van der Waals surface area (Å²) in [5.74, 6) is 1.21. The van der Waals surface area contributed by atoms with Crippen LogP contribution in [0.15, 0.2) is 0 Å². The molecule has 0 nitrogen and oxygen atoms in total. The third-order valence-corrected chi connectivity index (χ3v) is 1.32. The summed E-state index contributed by atoms with van der Waals surface area (Å²) in [7, 11) is 3.56. The first-order valence-corrected chi connectivity index (χ1v) is 3.19. The van der Waals surface area contributed by atoms with Crippen LogP contribution in [-0.4, -0.2) is 19.2 Å². The van der Waals surface area contributed by atoms with Gasteiger partial charge in [0.05, 0.1) is 0 Å². The molecule has 0 rings (SSSR count). The zero-order chi connectivity index (χ0) is 4.83. The van der Waals surface area contributed by atoms with Gasteiger partial charge in [0, 0.05) is 0 Å². The van der Waals surface area contributed by atoms with E-state index in [0.29, 0.717) is 0 Å². The van der Waals surface area contributed by atoms with Crippen LogP contribution in [0.2, 0.25) is 0 Å². The van der Waals surface area contributed by atoms with Gasteiger partial charge in [-0.05, 0) is 0 Å². The molecule has 0 aliphatic carbocycles. The predicted molar refractivity (Wildman–Crippen MR) is 35.7 cm³/mol. The Morgan fingerprint density at radius 1 is 1.83 bits per heavy atom. The van der Waals surface area contributed by atoms with Gasteiger partial charge < -0.3 is 0 Å². The van der Waals surface area contributed by atoms with Crippen LogP contribution in [0.25, 0.3) is 0 Å². The fourth-order valence-corrected chi connectivity index (χ4v) is 0.604. The van der Waals surface area contributed by atoms with E-state index in [1.165, 1.54) is 12.2 Å². The molecule has 0 atom stereocenters. The van der Waals surface area contributed by atoms with Crippen LogP contribution in [0.5, 0.6) is 0 Å². The van der Waals surface area contributed by atoms with Crippen LogP contribution < -0.4 is 0 Å². The topological polar surface area (TPSA) is 0 Å². The van der Waals surface area contributed by atoms with Crippen LogP contribution in [0.1, 0.15) is 13.3 Å². The molecule has 0 fully saturated rings. The van der Waals surface area contributed by atoms with E-state index >= 15 is 0 Å². The zero-order valence-corrected chi connectivity index (χ0v) is 4.92. The molecular weight excluding hydrogens is 89.7 g/mol. The molecule has 0 unspecified atom stereocenters. The molecule has 0 saturated carbocycles. The molecule has 0 amide bonds. The SMILES string of the molecule is B=BSCCC. The first kappa shape index (κ1) is 6.48. The van der Waals surface area contributed by atoms with Gasteiger partial charge in [0.2, 0.25) is 0 Å². The molecule has 0 saturated heterocycles. The minimum absolute atomic E-state index is 1.21. The van der Waals surface area contributed by atoms with E-state index in [1.807, 2.05) is 6.08 Å². The molecule has 0 aromatic rings. The molecule has 32 valence electrons. The molecule has 3 heteroatoms. The summed E-state index contributed by atoms with van der Waals surface area (Å²) in [6, 6.07) is 0. The fraction of sp³-hybridized carbons (Fsp3) is 1.00. The fourth-order valence-electron chi connectivity index (χ4n) is 0.201. The quantitative estimate of drug-likeness (QED) is 0.367. The van der Waals surface area contributed by atoms with Crippen molar-refractivity contribution in [2.24, 2.45) is 0 Å². The van der Waals surface area contributed by atoms with Gasteiger partial charge in [0.25, 0.3) is 0 Å². The van der Waals surface area contributed by atoms with Gasteiger partial charge in [-0.25, -0.2) is 0 Å². The van der Waals surface area contributed by atoms with E-state index in [4.69, 9.17) is 0 Å². The third kappa shape index (κ3) is 4.48. The molecule has 0 radical (unpaired) electrons. The Morgan fingerprint density at radius 3 is 2.67 bits per heavy atom. The first-order valence-electron chi connectivity index (χ1n) is 2.14. The molecule has 0 N–H and O–H groups in total. The summed E-state index contributed by atoms with van der Waals surface area (Å²) < 4.78 is 0. The van der Waals surface area contributed by atoms with E-state index < -0.39 is 0 Å². The van der Waals surface area contributed by atoms with Gasteiger partial charge in [0.1, 0.15) is 0 Å². The van der Waals surface area contributed by atoms with Crippen molar-refractivity contribution in [3.63, 3.8) is 0 Å². The van der Waals surface area contributed by atoms with Gasteiger partial charge in [-0.15, -0.1) is 0 Å². The van der Waals surface area contributed by atoms with Crippen molar-refractivity contribution in [3.05, 3.63) is 0 Å². The summed E-state index contributed by atoms with van der Waals surface area (Å²) in [5.41, 5.74) is 0. The Balaban J connectivity index is 2.49. The van der Waals surface area contributed by atoms with Crippen molar-refractivity contribution in [1.82, 2.24) is 0 Å². The Bertz CT molecular complexity index is 37.8. The molecule has 0 aliphatic rings. The number of hydrogen-bond donors (Lipinski definition) is 0. The van der Waals surface area contributed by atoms with E-state index in [9.17, 15) is 0 Å². The van der Waals surface area contributed by atoms with Crippen LogP contribution in [-0.2, 0) is 0 Å². The van der Waals surface area contributed by atoms with Crippen molar-refractivity contribution in [3.8, 4) is 0 Å². The van der Waals surface area contributed by atoms with Crippen LogP contribution in [0.3, 0.4) is 0 Å². The normalized spacial score (nSPS) is 7.33. The van der Waals surface area contributed by atoms with Gasteiger partial charge >= 0.3 is 44.2 Å². The van der Waals surface area contributed by atoms with Crippen molar-refractivity contribution in [2.45, 2.75) is 13.3 Å². The van der Waals surface area contributed by atoms with E-state index in [2.05, 4.69) is 14.3 Å². The Morgan fingerprint density at radius 2 is 2.50 bits per heavy atom. The second-order valence-corrected chi connectivity index (χ2v) is 2.11. The van der Waals surface area contributed by atoms with Gasteiger partial charge in [0.15, 0.2) is 0 Å². The summed E-state index contributed by atoms with van der Waals surface area (Å²) in [5, 5.41) is 0. The second-order valence-electron chi connectivity index (χ2n) is 1.04. The summed E-state index contributed by atoms with van der Waals surface area (Å²) in [4.78, 5) is 0. The average Bonchev–Trinajstić information content (AvgIpc) is 1.61. The molecule has 0 bridgehead atoms. The van der Waals surface area contributed by atoms with E-state index in [-0.39, 0.29) is 0 Å². The van der Waals surface area contributed by atoms with Gasteiger partial charge in [-0.3, -0.25) is 0 Å². The monoisotopic (exact) mass is 98.1 g/mol. The molecule has 0 heterocycles. The standard InChI is InChI=1S/C3H8B2S/c1-2-3-6-5-4/h4H,2-3H2,1H3. The second kappa shape index (κ2) is 5.48. The molecule has 0 aliphatic heterocycles. The minimum atomic E-state index is 1.21. The Kier molecular flexibility index (Phi) is 5.92. The van der Waals surface area contributed by atoms with Gasteiger partial charge in [-0.2, -0.15) is 0 Å². The summed E-state index contributed by atoms with van der Waals surface area (Å²) in [6.45, 7) is 2.16. The van der Waals surface area contributed by atoms with E-state index in [1.54, 1.807) is 11.6 Å². The third-order valence-electron chi connectivity index (χ3n) is 0.440. The van der Waals surface area contributed by atoms with Crippen molar-refractivity contribution in [1.29, 1.82) is 0 Å². The van der Waals surface area contributed by atoms with Gasteiger partial charge in [-0.1, -0.05) is 0 Å². The Labute approximate surface area is 44.9 Å². The number of rotatable bonds is 3. The molecule has 0 aromatic heterocycles. The molecule has 0 aromatic carbocycles. The summed E-state index contributed by atoms with van der Waals surface area (Å²) in [6.07, 6.45) is 3.13. The van der Waals surface area contributed by atoms with Crippen LogP contribution in [0.4, 0.5) is 0 Å². The number of hydrogen-bond acceptors (Lipinski definition) is 1. The summed E-state index contributed by atoms with van der Waals surface area (Å²) >= 11 is 1.77. The molecule has 6 heavy (non-hydrogen) atoms. The molecular formula is C3H8B2S. The maximum atomic E-state index is 3.56. The maximum absolute atomic E-state index is 3.56. The van der Waals surface area contributed by atoms with E-state index in [0.717, 1.165) is 0 Å². The van der Waals surface area contributed by atoms with Crippen molar-refractivity contribution >= 4 is 25.1 Å².